The molecule has 1 aliphatic rings. The van der Waals surface area contributed by atoms with E-state index in [1.807, 2.05) is 37.3 Å². The molecule has 0 spiro atoms. The molecule has 1 fully saturated rings. The SMILES string of the molecule is CCC1(C)NC(=O)CN(CCOc2ccccc2)C1=O. The molecule has 1 aromatic rings. The number of nitrogens with zero attached hydrogens (tertiary/aromatic N) is 1. The van der Waals surface area contributed by atoms with Crippen molar-refractivity contribution in [3.63, 3.8) is 0 Å². The number of ether oxygens (including phenoxy) is 1. The Bertz CT molecular complexity index is 489. The van der Waals surface area contributed by atoms with Crippen LogP contribution in [-0.4, -0.2) is 41.9 Å². The van der Waals surface area contributed by atoms with Gasteiger partial charge in [0, 0.05) is 0 Å². The van der Waals surface area contributed by atoms with E-state index in [2.05, 4.69) is 5.32 Å². The second-order valence-corrected chi connectivity index (χ2v) is 5.12. The van der Waals surface area contributed by atoms with Gasteiger partial charge in [-0.3, -0.25) is 9.59 Å². The van der Waals surface area contributed by atoms with E-state index in [9.17, 15) is 9.59 Å². The summed E-state index contributed by atoms with van der Waals surface area (Å²) in [5, 5.41) is 2.76. The molecular weight excluding hydrogens is 256 g/mol. The minimum Gasteiger partial charge on any atom is -0.492 e. The van der Waals surface area contributed by atoms with Crippen LogP contribution in [0.5, 0.6) is 5.75 Å². The number of carbonyl (C=O) groups is 2. The minimum absolute atomic E-state index is 0.0451. The van der Waals surface area contributed by atoms with Crippen molar-refractivity contribution < 1.29 is 14.3 Å². The first-order chi connectivity index (χ1) is 9.55. The quantitative estimate of drug-likeness (QED) is 0.879. The molecule has 1 N–H and O–H groups in total. The summed E-state index contributed by atoms with van der Waals surface area (Å²) in [6, 6.07) is 9.42. The van der Waals surface area contributed by atoms with Crippen LogP contribution in [0.3, 0.4) is 0 Å². The summed E-state index contributed by atoms with van der Waals surface area (Å²) in [5.41, 5.74) is -0.790. The Labute approximate surface area is 118 Å². The highest BCUT2D eigenvalue weighted by Gasteiger charge is 2.41. The summed E-state index contributed by atoms with van der Waals surface area (Å²) in [5.74, 6) is 0.601. The largest absolute Gasteiger partial charge is 0.492 e. The van der Waals surface area contributed by atoms with Crippen molar-refractivity contribution in [3.8, 4) is 5.75 Å². The molecule has 5 heteroatoms. The second-order valence-electron chi connectivity index (χ2n) is 5.12. The van der Waals surface area contributed by atoms with E-state index in [4.69, 9.17) is 4.74 Å². The van der Waals surface area contributed by atoms with Crippen molar-refractivity contribution in [2.75, 3.05) is 19.7 Å². The molecule has 0 saturated carbocycles. The maximum Gasteiger partial charge on any atom is 0.248 e. The van der Waals surface area contributed by atoms with Gasteiger partial charge in [-0.1, -0.05) is 25.1 Å². The molecule has 0 bridgehead atoms. The summed E-state index contributed by atoms with van der Waals surface area (Å²) < 4.78 is 5.57. The van der Waals surface area contributed by atoms with Crippen molar-refractivity contribution in [3.05, 3.63) is 30.3 Å². The van der Waals surface area contributed by atoms with E-state index in [0.29, 0.717) is 19.6 Å². The molecule has 0 radical (unpaired) electrons. The third kappa shape index (κ3) is 3.10. The van der Waals surface area contributed by atoms with Gasteiger partial charge in [-0.25, -0.2) is 0 Å². The number of carbonyl (C=O) groups excluding carboxylic acids is 2. The van der Waals surface area contributed by atoms with Gasteiger partial charge < -0.3 is 15.0 Å². The lowest BCUT2D eigenvalue weighted by atomic mass is 9.94. The average molecular weight is 276 g/mol. The van der Waals surface area contributed by atoms with Crippen LogP contribution in [-0.2, 0) is 9.59 Å². The maximum absolute atomic E-state index is 12.3. The molecule has 1 aliphatic heterocycles. The van der Waals surface area contributed by atoms with E-state index in [1.54, 1.807) is 11.8 Å². The zero-order valence-electron chi connectivity index (χ0n) is 11.9. The highest BCUT2D eigenvalue weighted by molar-refractivity contribution is 5.97. The zero-order valence-corrected chi connectivity index (χ0v) is 11.9. The molecular formula is C15H20N2O3. The lowest BCUT2D eigenvalue weighted by molar-refractivity contribution is -0.149. The molecule has 2 rings (SSSR count). The predicted molar refractivity (Wildman–Crippen MR) is 75.4 cm³/mol. The number of hydrogen-bond acceptors (Lipinski definition) is 3. The van der Waals surface area contributed by atoms with E-state index in [-0.39, 0.29) is 18.4 Å². The molecule has 0 aromatic heterocycles. The van der Waals surface area contributed by atoms with Gasteiger partial charge in [0.2, 0.25) is 11.8 Å². The first-order valence-corrected chi connectivity index (χ1v) is 6.83. The molecule has 5 nitrogen and oxygen atoms in total. The second kappa shape index (κ2) is 5.94. The molecule has 1 saturated heterocycles. The Kier molecular flexibility index (Phi) is 4.27. The lowest BCUT2D eigenvalue weighted by Gasteiger charge is -2.39. The number of amides is 2. The van der Waals surface area contributed by atoms with Gasteiger partial charge in [0.25, 0.3) is 0 Å². The number of benzene rings is 1. The topological polar surface area (TPSA) is 58.6 Å². The van der Waals surface area contributed by atoms with Crippen LogP contribution in [0.1, 0.15) is 20.3 Å². The molecule has 0 aliphatic carbocycles. The Balaban J connectivity index is 1.91. The van der Waals surface area contributed by atoms with Gasteiger partial charge in [-0.05, 0) is 25.5 Å². The minimum atomic E-state index is -0.790. The highest BCUT2D eigenvalue weighted by Crippen LogP contribution is 2.17. The van der Waals surface area contributed by atoms with Crippen molar-refractivity contribution in [1.29, 1.82) is 0 Å². The summed E-state index contributed by atoms with van der Waals surface area (Å²) in [7, 11) is 0. The summed E-state index contributed by atoms with van der Waals surface area (Å²) >= 11 is 0. The Morgan fingerprint density at radius 3 is 2.65 bits per heavy atom. The summed E-state index contributed by atoms with van der Waals surface area (Å²) in [4.78, 5) is 25.6. The van der Waals surface area contributed by atoms with E-state index in [0.717, 1.165) is 5.75 Å². The van der Waals surface area contributed by atoms with Crippen LogP contribution in [0.15, 0.2) is 30.3 Å². The van der Waals surface area contributed by atoms with Crippen LogP contribution in [0.4, 0.5) is 0 Å². The van der Waals surface area contributed by atoms with Crippen LogP contribution in [0.2, 0.25) is 0 Å². The highest BCUT2D eigenvalue weighted by atomic mass is 16.5. The fraction of sp³-hybridized carbons (Fsp3) is 0.467. The molecule has 1 aromatic carbocycles. The smallest absolute Gasteiger partial charge is 0.248 e. The van der Waals surface area contributed by atoms with Gasteiger partial charge >= 0.3 is 0 Å². The third-order valence-corrected chi connectivity index (χ3v) is 3.59. The number of rotatable bonds is 5. The Morgan fingerprint density at radius 1 is 1.30 bits per heavy atom. The van der Waals surface area contributed by atoms with Crippen LogP contribution in [0.25, 0.3) is 0 Å². The van der Waals surface area contributed by atoms with E-state index in [1.165, 1.54) is 0 Å². The number of hydrogen-bond donors (Lipinski definition) is 1. The van der Waals surface area contributed by atoms with Crippen LogP contribution in [0, 0.1) is 0 Å². The fourth-order valence-corrected chi connectivity index (χ4v) is 2.21. The van der Waals surface area contributed by atoms with Gasteiger partial charge in [-0.2, -0.15) is 0 Å². The Hall–Kier alpha value is -2.04. The normalized spacial score (nSPS) is 22.6. The van der Waals surface area contributed by atoms with Gasteiger partial charge in [-0.15, -0.1) is 0 Å². The van der Waals surface area contributed by atoms with Gasteiger partial charge in [0.15, 0.2) is 0 Å². The first-order valence-electron chi connectivity index (χ1n) is 6.83. The predicted octanol–water partition coefficient (Wildman–Crippen LogP) is 1.19. The fourth-order valence-electron chi connectivity index (χ4n) is 2.21. The van der Waals surface area contributed by atoms with Crippen molar-refractivity contribution in [2.24, 2.45) is 0 Å². The van der Waals surface area contributed by atoms with Crippen LogP contribution < -0.4 is 10.1 Å². The van der Waals surface area contributed by atoms with Gasteiger partial charge in [0.1, 0.15) is 17.9 Å². The van der Waals surface area contributed by atoms with Crippen LogP contribution >= 0.6 is 0 Å². The lowest BCUT2D eigenvalue weighted by Crippen LogP contribution is -2.65. The summed E-state index contributed by atoms with van der Waals surface area (Å²) in [6.45, 7) is 4.55. The summed E-state index contributed by atoms with van der Waals surface area (Å²) in [6.07, 6.45) is 0.577. The third-order valence-electron chi connectivity index (χ3n) is 3.59. The molecule has 108 valence electrons. The van der Waals surface area contributed by atoms with Crippen molar-refractivity contribution >= 4 is 11.8 Å². The van der Waals surface area contributed by atoms with E-state index >= 15 is 0 Å². The number of para-hydroxylation sites is 1. The first kappa shape index (κ1) is 14.4. The standard InChI is InChI=1S/C15H20N2O3/c1-3-15(2)14(19)17(11-13(18)16-15)9-10-20-12-7-5-4-6-8-12/h4-8H,3,9-11H2,1-2H3,(H,16,18). The molecule has 2 amide bonds. The van der Waals surface area contributed by atoms with Crippen molar-refractivity contribution in [2.45, 2.75) is 25.8 Å². The molecule has 20 heavy (non-hydrogen) atoms. The monoisotopic (exact) mass is 276 g/mol. The van der Waals surface area contributed by atoms with Gasteiger partial charge in [0.05, 0.1) is 13.1 Å². The molecule has 1 unspecified atom stereocenters. The van der Waals surface area contributed by atoms with E-state index < -0.39 is 5.54 Å². The Morgan fingerprint density at radius 2 is 2.00 bits per heavy atom. The number of nitrogens with one attached hydrogen (secondary N) is 1. The molecule has 1 heterocycles. The average Bonchev–Trinajstić information content (AvgIpc) is 2.45. The zero-order chi connectivity index (χ0) is 14.6. The number of piperazine rings is 1. The maximum atomic E-state index is 12.3. The molecule has 1 atom stereocenters. The van der Waals surface area contributed by atoms with Crippen molar-refractivity contribution in [1.82, 2.24) is 10.2 Å².